The maximum atomic E-state index is 13.4. The number of likely N-dealkylation sites (tertiary alicyclic amines) is 1. The molecule has 1 aromatic heterocycles. The van der Waals surface area contributed by atoms with E-state index in [0.717, 1.165) is 22.6 Å². The summed E-state index contributed by atoms with van der Waals surface area (Å²) in [4.78, 5) is 41.1. The number of allylic oxidation sites excluding steroid dienone is 2. The zero-order valence-electron chi connectivity index (χ0n) is 18.3. The lowest BCUT2D eigenvalue weighted by molar-refractivity contribution is -0.144. The Hall–Kier alpha value is -2.87. The number of imide groups is 1. The van der Waals surface area contributed by atoms with Gasteiger partial charge in [-0.2, -0.15) is 0 Å². The number of nitrogens with zero attached hydrogens (tertiary/aromatic N) is 3. The molecule has 2 fully saturated rings. The van der Waals surface area contributed by atoms with E-state index in [0.29, 0.717) is 5.13 Å². The molecule has 166 valence electrons. The number of amides is 3. The lowest BCUT2D eigenvalue weighted by Gasteiger charge is -2.28. The van der Waals surface area contributed by atoms with Crippen LogP contribution in [0.4, 0.5) is 5.13 Å². The van der Waals surface area contributed by atoms with E-state index in [-0.39, 0.29) is 53.7 Å². The van der Waals surface area contributed by atoms with Gasteiger partial charge in [0.1, 0.15) is 5.01 Å². The number of nitrogens with one attached hydrogen (secondary N) is 1. The zero-order valence-corrected chi connectivity index (χ0v) is 19.1. The quantitative estimate of drug-likeness (QED) is 0.533. The predicted octanol–water partition coefficient (Wildman–Crippen LogP) is 3.85. The monoisotopic (exact) mass is 450 g/mol. The Morgan fingerprint density at radius 3 is 2.28 bits per heavy atom. The number of carbonyl (C=O) groups excluding carboxylic acids is 3. The van der Waals surface area contributed by atoms with E-state index in [2.05, 4.69) is 27.7 Å². The van der Waals surface area contributed by atoms with Crippen LogP contribution in [0, 0.1) is 30.6 Å². The Kier molecular flexibility index (Phi) is 5.20. The summed E-state index contributed by atoms with van der Waals surface area (Å²) in [5.74, 6) is -0.663. The first kappa shape index (κ1) is 21.0. The van der Waals surface area contributed by atoms with Gasteiger partial charge in [0.2, 0.25) is 22.9 Å². The van der Waals surface area contributed by atoms with Crippen LogP contribution in [0.3, 0.4) is 0 Å². The molecule has 2 aliphatic carbocycles. The van der Waals surface area contributed by atoms with Crippen molar-refractivity contribution >= 4 is 34.2 Å². The van der Waals surface area contributed by atoms with Crippen LogP contribution in [0.2, 0.25) is 0 Å². The molecular weight excluding hydrogens is 424 g/mol. The van der Waals surface area contributed by atoms with Crippen molar-refractivity contribution in [1.29, 1.82) is 0 Å². The molecule has 2 bridgehead atoms. The van der Waals surface area contributed by atoms with Gasteiger partial charge >= 0.3 is 0 Å². The van der Waals surface area contributed by atoms with Gasteiger partial charge in [-0.25, -0.2) is 0 Å². The smallest absolute Gasteiger partial charge is 0.234 e. The summed E-state index contributed by atoms with van der Waals surface area (Å²) in [5.41, 5.74) is 1.86. The van der Waals surface area contributed by atoms with Gasteiger partial charge in [0.15, 0.2) is 0 Å². The van der Waals surface area contributed by atoms with Crippen molar-refractivity contribution in [1.82, 2.24) is 15.1 Å². The van der Waals surface area contributed by atoms with Crippen molar-refractivity contribution in [3.63, 3.8) is 0 Å². The minimum absolute atomic E-state index is 0.0145. The first-order chi connectivity index (χ1) is 15.3. The highest BCUT2D eigenvalue weighted by molar-refractivity contribution is 7.15. The van der Waals surface area contributed by atoms with E-state index in [1.807, 2.05) is 45.0 Å². The number of carbonyl (C=O) groups is 3. The third kappa shape index (κ3) is 3.46. The van der Waals surface area contributed by atoms with Crippen LogP contribution in [-0.4, -0.2) is 32.8 Å². The molecule has 5 rings (SSSR count). The van der Waals surface area contributed by atoms with Gasteiger partial charge in [0.05, 0.1) is 24.3 Å². The van der Waals surface area contributed by atoms with E-state index < -0.39 is 6.04 Å². The van der Waals surface area contributed by atoms with Gasteiger partial charge in [0, 0.05) is 5.92 Å². The SMILES string of the molecule is Cc1ccc(C(CC(=O)Nc2nnc(C(C)C)s2)N2C(=O)C3C4C=CC(C4)C3C2=O)cc1. The molecule has 1 aliphatic heterocycles. The number of hydrogen-bond acceptors (Lipinski definition) is 6. The standard InChI is InChI=1S/C24H26N4O3S/c1-12(2)21-26-27-24(32-21)25-18(29)11-17(14-6-4-13(3)5-7-14)28-22(30)19-15-8-9-16(10-15)20(19)23(28)31/h4-9,12,15-17,19-20H,10-11H2,1-3H3,(H,25,27,29). The van der Waals surface area contributed by atoms with Crippen LogP contribution in [0.15, 0.2) is 36.4 Å². The topological polar surface area (TPSA) is 92.3 Å². The fourth-order valence-corrected chi connectivity index (χ4v) is 6.01. The molecular formula is C24H26N4O3S. The van der Waals surface area contributed by atoms with Crippen molar-refractivity contribution in [3.05, 3.63) is 52.6 Å². The van der Waals surface area contributed by atoms with Crippen LogP contribution in [-0.2, 0) is 14.4 Å². The summed E-state index contributed by atoms with van der Waals surface area (Å²) in [7, 11) is 0. The van der Waals surface area contributed by atoms with E-state index in [1.54, 1.807) is 0 Å². The molecule has 2 aromatic rings. The average molecular weight is 451 g/mol. The molecule has 3 aliphatic rings. The molecule has 1 aromatic carbocycles. The summed E-state index contributed by atoms with van der Waals surface area (Å²) in [6.45, 7) is 6.01. The van der Waals surface area contributed by atoms with Gasteiger partial charge in [-0.15, -0.1) is 10.2 Å². The van der Waals surface area contributed by atoms with E-state index >= 15 is 0 Å². The molecule has 1 N–H and O–H groups in total. The second kappa shape index (κ2) is 7.92. The molecule has 1 saturated carbocycles. The Balaban J connectivity index is 1.41. The highest BCUT2D eigenvalue weighted by atomic mass is 32.1. The van der Waals surface area contributed by atoms with E-state index in [1.165, 1.54) is 16.2 Å². The lowest BCUT2D eigenvalue weighted by atomic mass is 9.85. The summed E-state index contributed by atoms with van der Waals surface area (Å²) >= 11 is 1.34. The van der Waals surface area contributed by atoms with Gasteiger partial charge < -0.3 is 5.32 Å². The second-order valence-electron chi connectivity index (χ2n) is 9.33. The average Bonchev–Trinajstić information content (AvgIpc) is 3.52. The number of hydrogen-bond donors (Lipinski definition) is 1. The fraction of sp³-hybridized carbons (Fsp3) is 0.458. The number of aromatic nitrogens is 2. The molecule has 32 heavy (non-hydrogen) atoms. The maximum Gasteiger partial charge on any atom is 0.234 e. The number of anilines is 1. The highest BCUT2D eigenvalue weighted by Crippen LogP contribution is 2.54. The molecule has 5 atom stereocenters. The molecule has 3 amide bonds. The van der Waals surface area contributed by atoms with Crippen LogP contribution in [0.25, 0.3) is 0 Å². The Labute approximate surface area is 190 Å². The molecule has 0 radical (unpaired) electrons. The zero-order chi connectivity index (χ0) is 22.6. The minimum atomic E-state index is -0.641. The molecule has 1 saturated heterocycles. The fourth-order valence-electron chi connectivity index (χ4n) is 5.24. The Morgan fingerprint density at radius 2 is 1.72 bits per heavy atom. The molecule has 0 spiro atoms. The first-order valence-corrected chi connectivity index (χ1v) is 11.9. The Bertz CT molecular complexity index is 1080. The summed E-state index contributed by atoms with van der Waals surface area (Å²) in [6, 6.07) is 7.04. The van der Waals surface area contributed by atoms with Crippen molar-refractivity contribution in [2.45, 2.75) is 45.6 Å². The summed E-state index contributed by atoms with van der Waals surface area (Å²) in [6.07, 6.45) is 5.02. The third-order valence-corrected chi connectivity index (χ3v) is 7.98. The first-order valence-electron chi connectivity index (χ1n) is 11.1. The highest BCUT2D eigenvalue weighted by Gasteiger charge is 2.60. The van der Waals surface area contributed by atoms with Crippen molar-refractivity contribution < 1.29 is 14.4 Å². The van der Waals surface area contributed by atoms with Crippen LogP contribution in [0.1, 0.15) is 54.8 Å². The summed E-state index contributed by atoms with van der Waals surface area (Å²) in [5, 5.41) is 12.2. The Morgan fingerprint density at radius 1 is 1.09 bits per heavy atom. The molecule has 7 nitrogen and oxygen atoms in total. The van der Waals surface area contributed by atoms with Gasteiger partial charge in [-0.05, 0) is 30.7 Å². The van der Waals surface area contributed by atoms with Crippen LogP contribution >= 0.6 is 11.3 Å². The molecule has 5 unspecified atom stereocenters. The van der Waals surface area contributed by atoms with Gasteiger partial charge in [0.25, 0.3) is 0 Å². The van der Waals surface area contributed by atoms with E-state index in [9.17, 15) is 14.4 Å². The van der Waals surface area contributed by atoms with Crippen LogP contribution < -0.4 is 5.32 Å². The van der Waals surface area contributed by atoms with Crippen molar-refractivity contribution in [2.24, 2.45) is 23.7 Å². The largest absolute Gasteiger partial charge is 0.300 e. The van der Waals surface area contributed by atoms with Crippen molar-refractivity contribution in [2.75, 3.05) is 5.32 Å². The van der Waals surface area contributed by atoms with Gasteiger partial charge in [-0.3, -0.25) is 19.3 Å². The second-order valence-corrected chi connectivity index (χ2v) is 10.3. The van der Waals surface area contributed by atoms with Crippen molar-refractivity contribution in [3.8, 4) is 0 Å². The molecule has 2 heterocycles. The van der Waals surface area contributed by atoms with Crippen LogP contribution in [0.5, 0.6) is 0 Å². The number of rotatable bonds is 6. The van der Waals surface area contributed by atoms with E-state index in [4.69, 9.17) is 0 Å². The predicted molar refractivity (Wildman–Crippen MR) is 121 cm³/mol. The maximum absolute atomic E-state index is 13.4. The molecule has 8 heteroatoms. The number of benzene rings is 1. The number of aryl methyl sites for hydroxylation is 1. The minimum Gasteiger partial charge on any atom is -0.300 e. The summed E-state index contributed by atoms with van der Waals surface area (Å²) < 4.78 is 0. The number of fused-ring (bicyclic) bond motifs is 5. The lowest BCUT2D eigenvalue weighted by Crippen LogP contribution is -2.38. The van der Waals surface area contributed by atoms with Gasteiger partial charge in [-0.1, -0.05) is 67.2 Å². The third-order valence-electron chi connectivity index (χ3n) is 6.84. The normalized spacial score (nSPS) is 26.8.